The van der Waals surface area contributed by atoms with Crippen molar-refractivity contribution in [3.63, 3.8) is 0 Å². The van der Waals surface area contributed by atoms with Gasteiger partial charge in [-0.15, -0.1) is 0 Å². The van der Waals surface area contributed by atoms with E-state index in [2.05, 4.69) is 5.32 Å². The molecule has 0 saturated carbocycles. The van der Waals surface area contributed by atoms with E-state index in [0.717, 1.165) is 30.8 Å². The number of carbonyl (C=O) groups excluding carboxylic acids is 1. The van der Waals surface area contributed by atoms with Crippen LogP contribution >= 0.6 is 0 Å². The lowest BCUT2D eigenvalue weighted by Crippen LogP contribution is -2.46. The summed E-state index contributed by atoms with van der Waals surface area (Å²) in [5.41, 5.74) is 0.483. The fourth-order valence-corrected chi connectivity index (χ4v) is 2.86. The van der Waals surface area contributed by atoms with Gasteiger partial charge in [0.25, 0.3) is 0 Å². The number of benzene rings is 1. The van der Waals surface area contributed by atoms with Crippen LogP contribution in [0.2, 0.25) is 0 Å². The largest absolute Gasteiger partial charge is 0.493 e. The highest BCUT2D eigenvalue weighted by Gasteiger charge is 2.27. The van der Waals surface area contributed by atoms with Gasteiger partial charge in [-0.25, -0.2) is 4.79 Å². The molecule has 1 aromatic carbocycles. The van der Waals surface area contributed by atoms with Crippen LogP contribution in [0.15, 0.2) is 18.2 Å². The smallest absolute Gasteiger partial charge is 0.410 e. The Labute approximate surface area is 150 Å². The highest BCUT2D eigenvalue weighted by molar-refractivity contribution is 5.68. The van der Waals surface area contributed by atoms with Crippen molar-refractivity contribution < 1.29 is 19.0 Å². The molecular formula is C19H30N2O4. The van der Waals surface area contributed by atoms with E-state index < -0.39 is 5.60 Å². The van der Waals surface area contributed by atoms with E-state index in [-0.39, 0.29) is 12.1 Å². The summed E-state index contributed by atoms with van der Waals surface area (Å²) in [6.07, 6.45) is 1.71. The van der Waals surface area contributed by atoms with E-state index in [4.69, 9.17) is 14.2 Å². The third-order valence-electron chi connectivity index (χ3n) is 3.91. The van der Waals surface area contributed by atoms with Gasteiger partial charge in [0, 0.05) is 30.9 Å². The van der Waals surface area contributed by atoms with Gasteiger partial charge in [-0.3, -0.25) is 0 Å². The molecule has 1 N–H and O–H groups in total. The van der Waals surface area contributed by atoms with Crippen LogP contribution in [0.4, 0.5) is 10.5 Å². The van der Waals surface area contributed by atoms with Crippen molar-refractivity contribution in [2.24, 2.45) is 0 Å². The Morgan fingerprint density at radius 3 is 2.72 bits per heavy atom. The molecule has 1 aromatic rings. The van der Waals surface area contributed by atoms with Gasteiger partial charge in [0.05, 0.1) is 13.7 Å². The summed E-state index contributed by atoms with van der Waals surface area (Å²) in [5, 5.41) is 3.49. The molecule has 6 nitrogen and oxygen atoms in total. The van der Waals surface area contributed by atoms with E-state index in [1.165, 1.54) is 0 Å². The van der Waals surface area contributed by atoms with Gasteiger partial charge < -0.3 is 24.4 Å². The van der Waals surface area contributed by atoms with Crippen LogP contribution < -0.4 is 14.8 Å². The number of nitrogens with one attached hydrogen (secondary N) is 1. The highest BCUT2D eigenvalue weighted by Crippen LogP contribution is 2.31. The second-order valence-corrected chi connectivity index (χ2v) is 7.21. The number of methoxy groups -OCH3 is 1. The van der Waals surface area contributed by atoms with E-state index in [0.29, 0.717) is 18.9 Å². The average Bonchev–Trinajstić information content (AvgIpc) is 2.55. The Hall–Kier alpha value is -2.11. The molecule has 1 aliphatic heterocycles. The monoisotopic (exact) mass is 350 g/mol. The Morgan fingerprint density at radius 2 is 2.08 bits per heavy atom. The Morgan fingerprint density at radius 1 is 1.32 bits per heavy atom. The number of hydrogen-bond acceptors (Lipinski definition) is 5. The number of piperidine rings is 1. The number of hydrogen-bond donors (Lipinski definition) is 1. The minimum absolute atomic E-state index is 0.184. The molecule has 1 fully saturated rings. The first-order chi connectivity index (χ1) is 11.8. The molecule has 0 aromatic heterocycles. The van der Waals surface area contributed by atoms with E-state index in [1.54, 1.807) is 12.0 Å². The van der Waals surface area contributed by atoms with Crippen LogP contribution in [0, 0.1) is 0 Å². The van der Waals surface area contributed by atoms with Crippen molar-refractivity contribution in [1.82, 2.24) is 4.90 Å². The van der Waals surface area contributed by atoms with Gasteiger partial charge in [0.1, 0.15) is 5.60 Å². The molecular weight excluding hydrogens is 320 g/mol. The summed E-state index contributed by atoms with van der Waals surface area (Å²) in [6.45, 7) is 9.56. The summed E-state index contributed by atoms with van der Waals surface area (Å²) in [4.78, 5) is 14.0. The first kappa shape index (κ1) is 19.2. The first-order valence-electron chi connectivity index (χ1n) is 8.87. The maximum Gasteiger partial charge on any atom is 0.410 e. The predicted octanol–water partition coefficient (Wildman–Crippen LogP) is 3.91. The van der Waals surface area contributed by atoms with E-state index >= 15 is 0 Å². The SMILES string of the molecule is CCOc1ccc(NC2CCCN(C(=O)OC(C)(C)C)C2)cc1OC. The molecule has 0 radical (unpaired) electrons. The van der Waals surface area contributed by atoms with Crippen molar-refractivity contribution in [1.29, 1.82) is 0 Å². The molecule has 6 heteroatoms. The fourth-order valence-electron chi connectivity index (χ4n) is 2.86. The van der Waals surface area contributed by atoms with Crippen molar-refractivity contribution in [3.05, 3.63) is 18.2 Å². The van der Waals surface area contributed by atoms with Crippen LogP contribution in [0.5, 0.6) is 11.5 Å². The van der Waals surface area contributed by atoms with Crippen molar-refractivity contribution in [2.75, 3.05) is 32.1 Å². The first-order valence-corrected chi connectivity index (χ1v) is 8.87. The second-order valence-electron chi connectivity index (χ2n) is 7.21. The standard InChI is InChI=1S/C19H30N2O4/c1-6-24-16-10-9-14(12-17(16)23-5)20-15-8-7-11-21(13-15)18(22)25-19(2,3)4/h9-10,12,15,20H,6-8,11,13H2,1-5H3. The lowest BCUT2D eigenvalue weighted by Gasteiger charge is -2.34. The van der Waals surface area contributed by atoms with Crippen molar-refractivity contribution in [2.45, 2.75) is 52.2 Å². The summed E-state index contributed by atoms with van der Waals surface area (Å²) in [5.74, 6) is 1.43. The summed E-state index contributed by atoms with van der Waals surface area (Å²) < 4.78 is 16.4. The third-order valence-corrected chi connectivity index (χ3v) is 3.91. The van der Waals surface area contributed by atoms with Gasteiger partial charge in [-0.05, 0) is 52.7 Å². The maximum atomic E-state index is 12.3. The molecule has 0 spiro atoms. The van der Waals surface area contributed by atoms with Gasteiger partial charge in [-0.1, -0.05) is 0 Å². The van der Waals surface area contributed by atoms with Crippen LogP contribution in [0.1, 0.15) is 40.5 Å². The number of rotatable bonds is 5. The molecule has 2 rings (SSSR count). The normalized spacial score (nSPS) is 17.8. The summed E-state index contributed by atoms with van der Waals surface area (Å²) in [6, 6.07) is 5.99. The van der Waals surface area contributed by atoms with Crippen molar-refractivity contribution >= 4 is 11.8 Å². The number of nitrogens with zero attached hydrogens (tertiary/aromatic N) is 1. The Balaban J connectivity index is 1.99. The molecule has 1 amide bonds. The zero-order chi connectivity index (χ0) is 18.4. The quantitative estimate of drug-likeness (QED) is 0.872. The number of carbonyl (C=O) groups is 1. The highest BCUT2D eigenvalue weighted by atomic mass is 16.6. The van der Waals surface area contributed by atoms with Crippen LogP contribution in [-0.2, 0) is 4.74 Å². The minimum atomic E-state index is -0.472. The van der Waals surface area contributed by atoms with E-state index in [9.17, 15) is 4.79 Å². The van der Waals surface area contributed by atoms with Crippen LogP contribution in [-0.4, -0.2) is 49.4 Å². The van der Waals surface area contributed by atoms with E-state index in [1.807, 2.05) is 45.9 Å². The number of likely N-dealkylation sites (tertiary alicyclic amines) is 1. The van der Waals surface area contributed by atoms with Gasteiger partial charge in [0.15, 0.2) is 11.5 Å². The predicted molar refractivity (Wildman–Crippen MR) is 98.6 cm³/mol. The topological polar surface area (TPSA) is 60.0 Å². The molecule has 25 heavy (non-hydrogen) atoms. The van der Waals surface area contributed by atoms with Gasteiger partial charge >= 0.3 is 6.09 Å². The minimum Gasteiger partial charge on any atom is -0.493 e. The third kappa shape index (κ3) is 5.73. The molecule has 0 bridgehead atoms. The molecule has 140 valence electrons. The van der Waals surface area contributed by atoms with Gasteiger partial charge in [-0.2, -0.15) is 0 Å². The number of amides is 1. The molecule has 1 atom stereocenters. The fraction of sp³-hybridized carbons (Fsp3) is 0.632. The van der Waals surface area contributed by atoms with Crippen LogP contribution in [0.25, 0.3) is 0 Å². The lowest BCUT2D eigenvalue weighted by atomic mass is 10.1. The second kappa shape index (κ2) is 8.32. The van der Waals surface area contributed by atoms with Crippen molar-refractivity contribution in [3.8, 4) is 11.5 Å². The number of anilines is 1. The summed E-state index contributed by atoms with van der Waals surface area (Å²) in [7, 11) is 1.63. The molecule has 1 aliphatic rings. The molecule has 1 heterocycles. The molecule has 0 aliphatic carbocycles. The van der Waals surface area contributed by atoms with Crippen LogP contribution in [0.3, 0.4) is 0 Å². The van der Waals surface area contributed by atoms with Gasteiger partial charge in [0.2, 0.25) is 0 Å². The zero-order valence-electron chi connectivity index (χ0n) is 15.9. The Kier molecular flexibility index (Phi) is 6.39. The lowest BCUT2D eigenvalue weighted by molar-refractivity contribution is 0.0206. The average molecular weight is 350 g/mol. The molecule has 1 unspecified atom stereocenters. The summed E-state index contributed by atoms with van der Waals surface area (Å²) >= 11 is 0. The Bertz CT molecular complexity index is 583. The molecule has 1 saturated heterocycles. The number of ether oxygens (including phenoxy) is 3. The zero-order valence-corrected chi connectivity index (χ0v) is 15.9. The maximum absolute atomic E-state index is 12.3.